The quantitative estimate of drug-likeness (QED) is 0.803. The summed E-state index contributed by atoms with van der Waals surface area (Å²) in [7, 11) is 0. The molecule has 0 aromatic heterocycles. The van der Waals surface area contributed by atoms with E-state index in [2.05, 4.69) is 6.07 Å². The Morgan fingerprint density at radius 1 is 1.35 bits per heavy atom. The maximum absolute atomic E-state index is 10.9. The molecule has 0 atom stereocenters. The van der Waals surface area contributed by atoms with Gasteiger partial charge in [-0.15, -0.1) is 0 Å². The molecule has 4 heteroatoms. The van der Waals surface area contributed by atoms with Gasteiger partial charge in [0, 0.05) is 0 Å². The number of aryl methyl sites for hydroxylation is 2. The molecule has 1 N–H and O–H groups in total. The van der Waals surface area contributed by atoms with Crippen molar-refractivity contribution in [3.05, 3.63) is 28.8 Å². The minimum atomic E-state index is -0.932. The van der Waals surface area contributed by atoms with Crippen molar-refractivity contribution in [3.63, 3.8) is 0 Å². The van der Waals surface area contributed by atoms with E-state index in [0.29, 0.717) is 6.61 Å². The Bertz CT molecular complexity index is 518. The summed E-state index contributed by atoms with van der Waals surface area (Å²) in [5.74, 6) is -0.191. The molecule has 1 rings (SSSR count). The highest BCUT2D eigenvalue weighted by molar-refractivity contribution is 5.88. The molecule has 1 aromatic rings. The molecule has 0 fully saturated rings. The number of benzene rings is 1. The van der Waals surface area contributed by atoms with Crippen LogP contribution in [-0.4, -0.2) is 17.7 Å². The molecule has 0 heterocycles. The van der Waals surface area contributed by atoms with E-state index in [-0.39, 0.29) is 11.0 Å². The van der Waals surface area contributed by atoms with Crippen LogP contribution in [0, 0.1) is 30.6 Å². The van der Waals surface area contributed by atoms with Crippen molar-refractivity contribution in [2.45, 2.75) is 40.5 Å². The van der Waals surface area contributed by atoms with Gasteiger partial charge in [0.1, 0.15) is 5.75 Å². The lowest BCUT2D eigenvalue weighted by atomic mass is 9.90. The largest absolute Gasteiger partial charge is 0.493 e. The van der Waals surface area contributed by atoms with Crippen LogP contribution in [0.3, 0.4) is 0 Å². The summed E-state index contributed by atoms with van der Waals surface area (Å²) in [6, 6.07) is 5.49. The van der Waals surface area contributed by atoms with Crippen LogP contribution in [0.25, 0.3) is 0 Å². The van der Waals surface area contributed by atoms with Gasteiger partial charge in [-0.25, -0.2) is 4.79 Å². The van der Waals surface area contributed by atoms with E-state index in [0.717, 1.165) is 29.7 Å². The van der Waals surface area contributed by atoms with Gasteiger partial charge in [-0.1, -0.05) is 0 Å². The predicted octanol–water partition coefficient (Wildman–Crippen LogP) is 3.71. The third-order valence-electron chi connectivity index (χ3n) is 3.20. The van der Waals surface area contributed by atoms with E-state index in [9.17, 15) is 4.79 Å². The Balaban J connectivity index is 2.66. The first-order valence-electron chi connectivity index (χ1n) is 6.65. The third-order valence-corrected chi connectivity index (χ3v) is 3.20. The number of hydrogen-bond acceptors (Lipinski definition) is 3. The summed E-state index contributed by atoms with van der Waals surface area (Å²) in [6.45, 7) is 8.03. The van der Waals surface area contributed by atoms with Crippen molar-refractivity contribution in [2.24, 2.45) is 5.41 Å². The smallest absolute Gasteiger partial charge is 0.335 e. The molecule has 0 amide bonds. The first-order valence-corrected chi connectivity index (χ1v) is 6.65. The minimum absolute atomic E-state index is 0.276. The van der Waals surface area contributed by atoms with Crippen molar-refractivity contribution in [3.8, 4) is 11.8 Å². The summed E-state index contributed by atoms with van der Waals surface area (Å²) in [5.41, 5.74) is 1.59. The summed E-state index contributed by atoms with van der Waals surface area (Å²) in [6.07, 6.45) is 1.56. The van der Waals surface area contributed by atoms with Crippen molar-refractivity contribution >= 4 is 5.97 Å². The van der Waals surface area contributed by atoms with E-state index >= 15 is 0 Å². The van der Waals surface area contributed by atoms with Gasteiger partial charge in [0.15, 0.2) is 0 Å². The SMILES string of the molecule is Cc1cc(C(=O)O)cc(C)c1OCCCC(C)(C)C#N. The lowest BCUT2D eigenvalue weighted by Crippen LogP contribution is -2.11. The van der Waals surface area contributed by atoms with Gasteiger partial charge < -0.3 is 9.84 Å². The molecule has 0 aliphatic heterocycles. The number of aromatic carboxylic acids is 1. The number of nitrogens with zero attached hydrogens (tertiary/aromatic N) is 1. The van der Waals surface area contributed by atoms with E-state index in [1.165, 1.54) is 0 Å². The zero-order valence-electron chi connectivity index (χ0n) is 12.5. The Labute approximate surface area is 120 Å². The summed E-state index contributed by atoms with van der Waals surface area (Å²) < 4.78 is 5.74. The van der Waals surface area contributed by atoms with Crippen LogP contribution in [0.4, 0.5) is 0 Å². The third kappa shape index (κ3) is 4.27. The topological polar surface area (TPSA) is 70.3 Å². The molecule has 0 spiro atoms. The number of ether oxygens (including phenoxy) is 1. The van der Waals surface area contributed by atoms with Crippen LogP contribution in [0.2, 0.25) is 0 Å². The van der Waals surface area contributed by atoms with E-state index in [4.69, 9.17) is 15.1 Å². The molecular weight excluding hydrogens is 254 g/mol. The Kier molecular flexibility index (Phi) is 5.15. The number of hydrogen-bond donors (Lipinski definition) is 1. The van der Waals surface area contributed by atoms with Crippen molar-refractivity contribution in [2.75, 3.05) is 6.61 Å². The maximum atomic E-state index is 10.9. The molecule has 0 saturated carbocycles. The highest BCUT2D eigenvalue weighted by Crippen LogP contribution is 2.26. The average Bonchev–Trinajstić information content (AvgIpc) is 2.36. The molecule has 0 aliphatic rings. The average molecular weight is 275 g/mol. The molecule has 0 radical (unpaired) electrons. The normalized spacial score (nSPS) is 10.9. The second kappa shape index (κ2) is 6.42. The minimum Gasteiger partial charge on any atom is -0.493 e. The number of nitriles is 1. The number of carbonyl (C=O) groups is 1. The summed E-state index contributed by atoms with van der Waals surface area (Å²) in [5, 5.41) is 17.9. The first-order chi connectivity index (χ1) is 9.26. The second-order valence-corrected chi connectivity index (χ2v) is 5.69. The van der Waals surface area contributed by atoms with Gasteiger partial charge in [0.05, 0.1) is 23.7 Å². The summed E-state index contributed by atoms with van der Waals surface area (Å²) >= 11 is 0. The number of carboxylic acid groups (broad SMARTS) is 1. The highest BCUT2D eigenvalue weighted by atomic mass is 16.5. The lowest BCUT2D eigenvalue weighted by Gasteiger charge is -2.16. The molecular formula is C16H21NO3. The Morgan fingerprint density at radius 2 is 1.90 bits per heavy atom. The van der Waals surface area contributed by atoms with E-state index in [1.807, 2.05) is 27.7 Å². The maximum Gasteiger partial charge on any atom is 0.335 e. The fourth-order valence-corrected chi connectivity index (χ4v) is 2.05. The molecule has 0 bridgehead atoms. The Morgan fingerprint density at radius 3 is 2.35 bits per heavy atom. The molecule has 0 saturated heterocycles. The molecule has 0 aliphatic carbocycles. The van der Waals surface area contributed by atoms with Crippen molar-refractivity contribution in [1.82, 2.24) is 0 Å². The van der Waals surface area contributed by atoms with Gasteiger partial charge in [-0.05, 0) is 63.8 Å². The van der Waals surface area contributed by atoms with Gasteiger partial charge in [0.25, 0.3) is 0 Å². The predicted molar refractivity (Wildman–Crippen MR) is 77.0 cm³/mol. The van der Waals surface area contributed by atoms with Gasteiger partial charge in [-0.2, -0.15) is 5.26 Å². The molecule has 20 heavy (non-hydrogen) atoms. The second-order valence-electron chi connectivity index (χ2n) is 5.69. The van der Waals surface area contributed by atoms with Gasteiger partial charge in [-0.3, -0.25) is 0 Å². The zero-order chi connectivity index (χ0) is 15.3. The van der Waals surface area contributed by atoms with Gasteiger partial charge in [0.2, 0.25) is 0 Å². The fraction of sp³-hybridized carbons (Fsp3) is 0.500. The monoisotopic (exact) mass is 275 g/mol. The van der Waals surface area contributed by atoms with Crippen LogP contribution in [0.15, 0.2) is 12.1 Å². The van der Waals surface area contributed by atoms with Crippen molar-refractivity contribution < 1.29 is 14.6 Å². The zero-order valence-corrected chi connectivity index (χ0v) is 12.5. The summed E-state index contributed by atoms with van der Waals surface area (Å²) in [4.78, 5) is 10.9. The van der Waals surface area contributed by atoms with Crippen LogP contribution in [0.5, 0.6) is 5.75 Å². The first kappa shape index (κ1) is 16.0. The van der Waals surface area contributed by atoms with Crippen LogP contribution in [-0.2, 0) is 0 Å². The van der Waals surface area contributed by atoms with Crippen LogP contribution < -0.4 is 4.74 Å². The van der Waals surface area contributed by atoms with Crippen LogP contribution >= 0.6 is 0 Å². The molecule has 1 aromatic carbocycles. The molecule has 0 unspecified atom stereocenters. The number of carboxylic acids is 1. The van der Waals surface area contributed by atoms with E-state index < -0.39 is 5.97 Å². The number of rotatable bonds is 6. The highest BCUT2D eigenvalue weighted by Gasteiger charge is 2.16. The standard InChI is InChI=1S/C16H21NO3/c1-11-8-13(15(18)19)9-12(2)14(11)20-7-5-6-16(3,4)10-17/h8-9H,5-7H2,1-4H3,(H,18,19). The lowest BCUT2D eigenvalue weighted by molar-refractivity contribution is 0.0696. The molecule has 108 valence electrons. The van der Waals surface area contributed by atoms with Gasteiger partial charge >= 0.3 is 5.97 Å². The Hall–Kier alpha value is -2.02. The van der Waals surface area contributed by atoms with Crippen LogP contribution in [0.1, 0.15) is 48.2 Å². The van der Waals surface area contributed by atoms with Crippen molar-refractivity contribution in [1.29, 1.82) is 5.26 Å². The molecule has 4 nitrogen and oxygen atoms in total. The fourth-order valence-electron chi connectivity index (χ4n) is 2.05. The van der Waals surface area contributed by atoms with E-state index in [1.54, 1.807) is 12.1 Å².